The van der Waals surface area contributed by atoms with Gasteiger partial charge < -0.3 is 10.1 Å². The summed E-state index contributed by atoms with van der Waals surface area (Å²) < 4.78 is 5.20. The fourth-order valence-corrected chi connectivity index (χ4v) is 2.13. The lowest BCUT2D eigenvalue weighted by Crippen LogP contribution is -2.60. The normalized spacial score (nSPS) is 37.0. The highest BCUT2D eigenvalue weighted by molar-refractivity contribution is 5.99. The number of nitrogens with zero attached hydrogens (tertiary/aromatic N) is 1. The van der Waals surface area contributed by atoms with Crippen LogP contribution in [-0.2, 0) is 9.53 Å². The Hall–Kier alpha value is -1.10. The predicted molar refractivity (Wildman–Crippen MR) is 46.5 cm³/mol. The molecule has 3 rings (SSSR count). The maximum atomic E-state index is 11.9. The summed E-state index contributed by atoms with van der Waals surface area (Å²) >= 11 is 0. The first-order valence-electron chi connectivity index (χ1n) is 4.98. The molecule has 3 fully saturated rings. The molecule has 14 heavy (non-hydrogen) atoms. The van der Waals surface area contributed by atoms with E-state index in [9.17, 15) is 9.59 Å². The molecule has 0 spiro atoms. The first kappa shape index (κ1) is 8.23. The van der Waals surface area contributed by atoms with Crippen LogP contribution in [0.3, 0.4) is 0 Å². The highest BCUT2D eigenvalue weighted by atomic mass is 16.5. The Balaban J connectivity index is 1.86. The van der Waals surface area contributed by atoms with Gasteiger partial charge in [0.05, 0.1) is 25.2 Å². The second kappa shape index (κ2) is 2.70. The van der Waals surface area contributed by atoms with Crippen LogP contribution in [0.5, 0.6) is 0 Å². The number of imide groups is 1. The quantitative estimate of drug-likeness (QED) is 0.627. The van der Waals surface area contributed by atoms with Crippen molar-refractivity contribution in [1.29, 1.82) is 0 Å². The van der Waals surface area contributed by atoms with Gasteiger partial charge in [-0.25, -0.2) is 4.79 Å². The molecule has 3 amide bonds. The van der Waals surface area contributed by atoms with Gasteiger partial charge in [-0.05, 0) is 12.8 Å². The second-order valence-corrected chi connectivity index (χ2v) is 4.14. The maximum absolute atomic E-state index is 11.9. The number of urea groups is 1. The van der Waals surface area contributed by atoms with E-state index in [2.05, 4.69) is 5.32 Å². The van der Waals surface area contributed by atoms with Crippen LogP contribution in [0.25, 0.3) is 0 Å². The fraction of sp³-hybridized carbons (Fsp3) is 0.778. The molecule has 2 heterocycles. The van der Waals surface area contributed by atoms with E-state index in [0.717, 1.165) is 12.8 Å². The Labute approximate surface area is 81.4 Å². The lowest BCUT2D eigenvalue weighted by atomic mass is 10.00. The van der Waals surface area contributed by atoms with Gasteiger partial charge in [-0.15, -0.1) is 0 Å². The molecule has 76 valence electrons. The smallest absolute Gasteiger partial charge is 0.324 e. The van der Waals surface area contributed by atoms with Crippen molar-refractivity contribution in [2.45, 2.75) is 24.9 Å². The largest absolute Gasteiger partial charge is 0.378 e. The topological polar surface area (TPSA) is 58.6 Å². The van der Waals surface area contributed by atoms with Gasteiger partial charge in [-0.1, -0.05) is 0 Å². The lowest BCUT2D eigenvalue weighted by Gasteiger charge is -2.32. The summed E-state index contributed by atoms with van der Waals surface area (Å²) in [4.78, 5) is 24.8. The van der Waals surface area contributed by atoms with Gasteiger partial charge in [0.2, 0.25) is 5.91 Å². The first-order valence-corrected chi connectivity index (χ1v) is 4.98. The molecule has 0 aromatic heterocycles. The van der Waals surface area contributed by atoms with Crippen LogP contribution in [0, 0.1) is 5.92 Å². The molecule has 2 saturated heterocycles. The fourth-order valence-electron chi connectivity index (χ4n) is 2.13. The van der Waals surface area contributed by atoms with Crippen molar-refractivity contribution < 1.29 is 14.3 Å². The monoisotopic (exact) mass is 196 g/mol. The zero-order valence-corrected chi connectivity index (χ0v) is 7.73. The number of carbonyl (C=O) groups is 2. The van der Waals surface area contributed by atoms with Crippen molar-refractivity contribution >= 4 is 11.9 Å². The van der Waals surface area contributed by atoms with Crippen LogP contribution < -0.4 is 5.32 Å². The Kier molecular flexibility index (Phi) is 1.58. The molecule has 0 aromatic rings. The van der Waals surface area contributed by atoms with Gasteiger partial charge in [0.15, 0.2) is 0 Å². The van der Waals surface area contributed by atoms with Crippen molar-refractivity contribution in [3.63, 3.8) is 0 Å². The zero-order valence-electron chi connectivity index (χ0n) is 7.73. The van der Waals surface area contributed by atoms with E-state index in [-0.39, 0.29) is 29.9 Å². The molecule has 0 aromatic carbocycles. The van der Waals surface area contributed by atoms with Crippen molar-refractivity contribution in [2.24, 2.45) is 5.92 Å². The van der Waals surface area contributed by atoms with Gasteiger partial charge >= 0.3 is 6.03 Å². The lowest BCUT2D eigenvalue weighted by molar-refractivity contribution is -0.134. The number of ether oxygens (including phenoxy) is 1. The van der Waals surface area contributed by atoms with Gasteiger partial charge in [0.1, 0.15) is 0 Å². The summed E-state index contributed by atoms with van der Waals surface area (Å²) in [6, 6.07) is -0.168. The molecule has 5 heteroatoms. The number of amides is 3. The van der Waals surface area contributed by atoms with Crippen molar-refractivity contribution in [1.82, 2.24) is 10.2 Å². The van der Waals surface area contributed by atoms with Crippen LogP contribution in [0.15, 0.2) is 0 Å². The van der Waals surface area contributed by atoms with Crippen LogP contribution in [0.2, 0.25) is 0 Å². The van der Waals surface area contributed by atoms with E-state index in [1.54, 1.807) is 0 Å². The number of hydrogen-bond acceptors (Lipinski definition) is 3. The van der Waals surface area contributed by atoms with E-state index in [0.29, 0.717) is 13.2 Å². The standard InChI is InChI=1S/C9H12N2O3/c12-8-6-3-14-4-7(6)10-9(13)11(8)5-1-2-5/h5-7H,1-4H2,(H,10,13). The van der Waals surface area contributed by atoms with E-state index in [1.807, 2.05) is 0 Å². The molecule has 2 unspecified atom stereocenters. The molecule has 0 bridgehead atoms. The number of carbonyl (C=O) groups excluding carboxylic acids is 2. The van der Waals surface area contributed by atoms with Crippen LogP contribution in [-0.4, -0.2) is 42.1 Å². The Morgan fingerprint density at radius 1 is 1.29 bits per heavy atom. The van der Waals surface area contributed by atoms with Gasteiger partial charge in [0, 0.05) is 6.04 Å². The molecule has 5 nitrogen and oxygen atoms in total. The van der Waals surface area contributed by atoms with Gasteiger partial charge in [-0.2, -0.15) is 0 Å². The van der Waals surface area contributed by atoms with E-state index < -0.39 is 0 Å². The summed E-state index contributed by atoms with van der Waals surface area (Å²) in [6.45, 7) is 0.924. The van der Waals surface area contributed by atoms with Crippen molar-refractivity contribution in [3.8, 4) is 0 Å². The highest BCUT2D eigenvalue weighted by Crippen LogP contribution is 2.32. The minimum Gasteiger partial charge on any atom is -0.378 e. The molecular formula is C9H12N2O3. The average molecular weight is 196 g/mol. The van der Waals surface area contributed by atoms with Gasteiger partial charge in [-0.3, -0.25) is 9.69 Å². The third-order valence-electron chi connectivity index (χ3n) is 3.07. The van der Waals surface area contributed by atoms with E-state index in [1.165, 1.54) is 4.90 Å². The number of nitrogens with one attached hydrogen (secondary N) is 1. The number of hydrogen-bond donors (Lipinski definition) is 1. The third-order valence-corrected chi connectivity index (χ3v) is 3.07. The Morgan fingerprint density at radius 2 is 2.07 bits per heavy atom. The average Bonchev–Trinajstić information content (AvgIpc) is 2.84. The zero-order chi connectivity index (χ0) is 9.71. The Bertz CT molecular complexity index is 300. The molecule has 2 atom stereocenters. The maximum Gasteiger partial charge on any atom is 0.324 e. The molecule has 1 aliphatic carbocycles. The number of fused-ring (bicyclic) bond motifs is 1. The van der Waals surface area contributed by atoms with Gasteiger partial charge in [0.25, 0.3) is 0 Å². The molecule has 1 saturated carbocycles. The van der Waals surface area contributed by atoms with Crippen LogP contribution in [0.1, 0.15) is 12.8 Å². The minimum atomic E-state index is -0.232. The molecular weight excluding hydrogens is 184 g/mol. The molecule has 2 aliphatic heterocycles. The molecule has 1 N–H and O–H groups in total. The summed E-state index contributed by atoms with van der Waals surface area (Å²) in [5, 5.41) is 2.82. The molecule has 3 aliphatic rings. The second-order valence-electron chi connectivity index (χ2n) is 4.14. The minimum absolute atomic E-state index is 0.0428. The van der Waals surface area contributed by atoms with Crippen LogP contribution in [0.4, 0.5) is 4.79 Å². The predicted octanol–water partition coefficient (Wildman–Crippen LogP) is -0.284. The Morgan fingerprint density at radius 3 is 2.79 bits per heavy atom. The third kappa shape index (κ3) is 1.05. The van der Waals surface area contributed by atoms with Crippen LogP contribution >= 0.6 is 0 Å². The SMILES string of the molecule is O=C1NC2COCC2C(=O)N1C1CC1. The number of rotatable bonds is 1. The molecule has 0 radical (unpaired) electrons. The summed E-state index contributed by atoms with van der Waals surface area (Å²) in [5.74, 6) is -0.188. The summed E-state index contributed by atoms with van der Waals surface area (Å²) in [6.07, 6.45) is 1.91. The van der Waals surface area contributed by atoms with Crippen molar-refractivity contribution in [2.75, 3.05) is 13.2 Å². The van der Waals surface area contributed by atoms with Crippen molar-refractivity contribution in [3.05, 3.63) is 0 Å². The highest BCUT2D eigenvalue weighted by Gasteiger charge is 2.48. The first-order chi connectivity index (χ1) is 6.77. The van der Waals surface area contributed by atoms with E-state index >= 15 is 0 Å². The van der Waals surface area contributed by atoms with E-state index in [4.69, 9.17) is 4.74 Å². The summed E-state index contributed by atoms with van der Waals surface area (Å²) in [5.41, 5.74) is 0. The summed E-state index contributed by atoms with van der Waals surface area (Å²) in [7, 11) is 0.